The largest absolute Gasteiger partial charge is 0.493 e. The Hall–Kier alpha value is -3.04. The summed E-state index contributed by atoms with van der Waals surface area (Å²) < 4.78 is 59.3. The van der Waals surface area contributed by atoms with E-state index in [0.29, 0.717) is 55.8 Å². The number of methoxy groups -OCH3 is 2. The molecule has 0 N–H and O–H groups in total. The molecule has 2 spiro atoms. The van der Waals surface area contributed by atoms with Gasteiger partial charge in [-0.1, -0.05) is 42.5 Å². The van der Waals surface area contributed by atoms with Crippen LogP contribution in [0, 0.1) is 5.41 Å². The Morgan fingerprint density at radius 1 is 1.12 bits per heavy atom. The molecule has 9 heteroatoms. The molecule has 4 bridgehead atoms. The lowest BCUT2D eigenvalue weighted by atomic mass is 9.37. The zero-order valence-corrected chi connectivity index (χ0v) is 23.6. The van der Waals surface area contributed by atoms with Crippen molar-refractivity contribution in [2.45, 2.75) is 68.0 Å². The minimum Gasteiger partial charge on any atom is -0.493 e. The molecule has 2 fully saturated rings. The number of likely N-dealkylation sites (tertiary alicyclic amines) is 1. The summed E-state index contributed by atoms with van der Waals surface area (Å²) >= 11 is 0. The first-order chi connectivity index (χ1) is 19.6. The van der Waals surface area contributed by atoms with Crippen molar-refractivity contribution in [3.8, 4) is 11.5 Å². The summed E-state index contributed by atoms with van der Waals surface area (Å²) in [5.74, 6) is 1.20. The molecule has 0 unspecified atom stereocenters. The van der Waals surface area contributed by atoms with Crippen LogP contribution in [0.2, 0.25) is 0 Å². The van der Waals surface area contributed by atoms with E-state index in [1.165, 1.54) is 0 Å². The first kappa shape index (κ1) is 26.8. The highest BCUT2D eigenvalue weighted by Crippen LogP contribution is 2.75. The van der Waals surface area contributed by atoms with Crippen molar-refractivity contribution in [2.75, 3.05) is 34.4 Å². The van der Waals surface area contributed by atoms with Crippen LogP contribution in [-0.2, 0) is 27.9 Å². The summed E-state index contributed by atoms with van der Waals surface area (Å²) in [6.07, 6.45) is -0.968. The predicted octanol–water partition coefficient (Wildman–Crippen LogP) is 5.04. The molecule has 6 aliphatic rings. The number of nitrogens with zero attached hydrogens (tertiary/aromatic N) is 2. The Bertz CT molecular complexity index is 1430. The van der Waals surface area contributed by atoms with Gasteiger partial charge in [0.1, 0.15) is 11.7 Å². The number of amides is 1. The number of alkyl halides is 3. The molecule has 8 rings (SSSR count). The maximum atomic E-state index is 14.3. The third kappa shape index (κ3) is 3.48. The Labute approximate surface area is 238 Å². The fourth-order valence-corrected chi connectivity index (χ4v) is 9.07. The van der Waals surface area contributed by atoms with E-state index in [-0.39, 0.29) is 18.5 Å². The lowest BCUT2D eigenvalue weighted by molar-refractivity contribution is -0.201. The first-order valence-electron chi connectivity index (χ1n) is 14.4. The lowest BCUT2D eigenvalue weighted by Crippen LogP contribution is -2.78. The number of hydrogen-bond donors (Lipinski definition) is 0. The van der Waals surface area contributed by atoms with Crippen LogP contribution >= 0.6 is 0 Å². The highest BCUT2D eigenvalue weighted by molar-refractivity contribution is 5.97. The van der Waals surface area contributed by atoms with Gasteiger partial charge in [0.05, 0.1) is 18.9 Å². The van der Waals surface area contributed by atoms with Crippen LogP contribution in [-0.4, -0.2) is 74.0 Å². The second-order valence-corrected chi connectivity index (χ2v) is 12.3. The third-order valence-electron chi connectivity index (χ3n) is 10.7. The van der Waals surface area contributed by atoms with Gasteiger partial charge in [-0.15, -0.1) is 0 Å². The number of rotatable bonds is 7. The third-order valence-corrected chi connectivity index (χ3v) is 10.7. The molecule has 1 amide bonds. The average molecular weight is 569 g/mol. The SMILES string of the molecule is COc1ccc2c3c1O[C@@H]1[C@]34CCN(CCC(F)(F)F)[C@H](C2)[C@@]42C=C(C(=O)N(C)Cc3ccccc3)[C@]1(OC)CC2. The molecular weight excluding hydrogens is 533 g/mol. The molecule has 2 aromatic rings. The molecule has 0 radical (unpaired) electrons. The van der Waals surface area contributed by atoms with Crippen molar-refractivity contribution in [2.24, 2.45) is 5.41 Å². The first-order valence-corrected chi connectivity index (χ1v) is 14.4. The number of benzene rings is 2. The molecule has 5 atom stereocenters. The van der Waals surface area contributed by atoms with Crippen LogP contribution < -0.4 is 9.47 Å². The van der Waals surface area contributed by atoms with Crippen molar-refractivity contribution in [3.63, 3.8) is 0 Å². The number of carbonyl (C=O) groups excluding carboxylic acids is 1. The normalized spacial score (nSPS) is 32.7. The molecule has 4 aliphatic carbocycles. The van der Waals surface area contributed by atoms with Gasteiger partial charge in [-0.2, -0.15) is 13.2 Å². The number of piperidine rings is 1. The predicted molar refractivity (Wildman–Crippen MR) is 146 cm³/mol. The van der Waals surface area contributed by atoms with Crippen molar-refractivity contribution >= 4 is 5.91 Å². The highest BCUT2D eigenvalue weighted by atomic mass is 19.4. The maximum Gasteiger partial charge on any atom is 0.390 e. The summed E-state index contributed by atoms with van der Waals surface area (Å²) in [6, 6.07) is 13.6. The van der Waals surface area contributed by atoms with E-state index in [1.807, 2.05) is 47.4 Å². The Kier molecular flexibility index (Phi) is 5.88. The van der Waals surface area contributed by atoms with Gasteiger partial charge in [0.2, 0.25) is 0 Å². The molecule has 0 aromatic heterocycles. The standard InChI is InChI=1S/C32H35F3N2O4/c1-36(19-20-7-5-4-6-8-20)27(38)22-18-29-11-12-31(22,40-3)28-30(29)13-15-37(16-14-32(33,34)35)24(29)17-21-9-10-23(39-2)26(41-28)25(21)30/h4-10,18,24,28H,11-17,19H2,1-3H3/t24-,28-,29-,30+,31-/m1/s1. The van der Waals surface area contributed by atoms with Crippen molar-refractivity contribution in [1.29, 1.82) is 0 Å². The molecule has 218 valence electrons. The highest BCUT2D eigenvalue weighted by Gasteiger charge is 2.79. The van der Waals surface area contributed by atoms with Gasteiger partial charge in [-0.25, -0.2) is 0 Å². The number of carbonyl (C=O) groups is 1. The topological polar surface area (TPSA) is 51.2 Å². The van der Waals surface area contributed by atoms with E-state index in [1.54, 1.807) is 26.2 Å². The van der Waals surface area contributed by atoms with E-state index in [2.05, 4.69) is 6.08 Å². The van der Waals surface area contributed by atoms with E-state index in [9.17, 15) is 18.0 Å². The van der Waals surface area contributed by atoms with Gasteiger partial charge in [0.15, 0.2) is 11.5 Å². The molecule has 6 nitrogen and oxygen atoms in total. The van der Waals surface area contributed by atoms with E-state index in [4.69, 9.17) is 14.2 Å². The summed E-state index contributed by atoms with van der Waals surface area (Å²) in [7, 11) is 5.06. The van der Waals surface area contributed by atoms with E-state index in [0.717, 1.165) is 16.7 Å². The van der Waals surface area contributed by atoms with E-state index < -0.39 is 35.1 Å². The van der Waals surface area contributed by atoms with Gasteiger partial charge in [0, 0.05) is 49.8 Å². The second-order valence-electron chi connectivity index (χ2n) is 12.3. The number of halogens is 3. The van der Waals surface area contributed by atoms with Gasteiger partial charge >= 0.3 is 6.18 Å². The van der Waals surface area contributed by atoms with E-state index >= 15 is 0 Å². The zero-order chi connectivity index (χ0) is 28.8. The second kappa shape index (κ2) is 8.98. The molecule has 1 saturated heterocycles. The number of hydrogen-bond acceptors (Lipinski definition) is 5. The lowest BCUT2D eigenvalue weighted by Gasteiger charge is -2.70. The quantitative estimate of drug-likeness (QED) is 0.469. The summed E-state index contributed by atoms with van der Waals surface area (Å²) in [4.78, 5) is 18.0. The summed E-state index contributed by atoms with van der Waals surface area (Å²) in [6.45, 7) is 0.902. The van der Waals surface area contributed by atoms with Crippen molar-refractivity contribution < 1.29 is 32.2 Å². The zero-order valence-electron chi connectivity index (χ0n) is 23.6. The van der Waals surface area contributed by atoms with Crippen LogP contribution in [0.15, 0.2) is 54.1 Å². The van der Waals surface area contributed by atoms with Crippen molar-refractivity contribution in [1.82, 2.24) is 9.80 Å². The van der Waals surface area contributed by atoms with Crippen LogP contribution in [0.3, 0.4) is 0 Å². The average Bonchev–Trinajstić information content (AvgIpc) is 3.33. The van der Waals surface area contributed by atoms with Crippen LogP contribution in [0.4, 0.5) is 13.2 Å². The van der Waals surface area contributed by atoms with Crippen molar-refractivity contribution in [3.05, 3.63) is 70.8 Å². The summed E-state index contributed by atoms with van der Waals surface area (Å²) in [5.41, 5.74) is 1.71. The molecule has 2 aliphatic heterocycles. The van der Waals surface area contributed by atoms with Crippen LogP contribution in [0.25, 0.3) is 0 Å². The Morgan fingerprint density at radius 2 is 1.90 bits per heavy atom. The van der Waals surface area contributed by atoms with Gasteiger partial charge in [-0.05, 0) is 49.4 Å². The summed E-state index contributed by atoms with van der Waals surface area (Å²) in [5, 5.41) is 0. The number of fused-ring (bicyclic) bond motifs is 1. The molecule has 1 saturated carbocycles. The van der Waals surface area contributed by atoms with Crippen LogP contribution in [0.5, 0.6) is 11.5 Å². The number of ether oxygens (including phenoxy) is 3. The minimum atomic E-state index is -4.24. The smallest absolute Gasteiger partial charge is 0.390 e. The molecule has 2 heterocycles. The van der Waals surface area contributed by atoms with Gasteiger partial charge in [0.25, 0.3) is 5.91 Å². The minimum absolute atomic E-state index is 0.0592. The fraction of sp³-hybridized carbons (Fsp3) is 0.531. The molecular formula is C32H35F3N2O4. The maximum absolute atomic E-state index is 14.3. The Balaban J connectivity index is 1.39. The van der Waals surface area contributed by atoms with Gasteiger partial charge < -0.3 is 19.1 Å². The van der Waals surface area contributed by atoms with Crippen LogP contribution in [0.1, 0.15) is 42.4 Å². The van der Waals surface area contributed by atoms with Gasteiger partial charge in [-0.3, -0.25) is 9.69 Å². The molecule has 2 aromatic carbocycles. The molecule has 41 heavy (non-hydrogen) atoms. The number of likely N-dealkylation sites (N-methyl/N-ethyl adjacent to an activating group) is 1. The monoisotopic (exact) mass is 568 g/mol. The fourth-order valence-electron chi connectivity index (χ4n) is 9.07. The Morgan fingerprint density at radius 3 is 2.61 bits per heavy atom.